The van der Waals surface area contributed by atoms with Gasteiger partial charge >= 0.3 is 0 Å². The van der Waals surface area contributed by atoms with Crippen LogP contribution in [0.4, 0.5) is 0 Å². The minimum Gasteiger partial charge on any atom is -0.493 e. The van der Waals surface area contributed by atoms with Gasteiger partial charge in [-0.05, 0) is 65.0 Å². The number of hydrogen-bond acceptors (Lipinski definition) is 5. The number of carbonyl (C=O) groups excluding carboxylic acids is 2. The summed E-state index contributed by atoms with van der Waals surface area (Å²) in [4.78, 5) is 25.5. The molecule has 1 aliphatic heterocycles. The number of fused-ring (bicyclic) bond motifs is 1. The van der Waals surface area contributed by atoms with E-state index in [-0.39, 0.29) is 35.5 Å². The van der Waals surface area contributed by atoms with Crippen molar-refractivity contribution in [2.24, 2.45) is 28.8 Å². The fourth-order valence-electron chi connectivity index (χ4n) is 4.31. The van der Waals surface area contributed by atoms with Gasteiger partial charge in [-0.3, -0.25) is 9.59 Å². The number of ether oxygens (including phenoxy) is 2. The molecular weight excluding hydrogens is 447 g/mol. The Morgan fingerprint density at radius 3 is 2.19 bits per heavy atom. The molecule has 6 nitrogen and oxygen atoms in total. The minimum absolute atomic E-state index is 0.170. The van der Waals surface area contributed by atoms with E-state index >= 15 is 0 Å². The molecule has 1 aromatic carbocycles. The number of imide groups is 1. The van der Waals surface area contributed by atoms with Crippen LogP contribution in [0.25, 0.3) is 0 Å². The molecular formula is C19H19IN2O4. The number of benzene rings is 1. The van der Waals surface area contributed by atoms with Crippen LogP contribution in [0.15, 0.2) is 29.4 Å². The number of halogens is 1. The summed E-state index contributed by atoms with van der Waals surface area (Å²) in [5, 5.41) is 5.30. The molecule has 1 aromatic rings. The Morgan fingerprint density at radius 2 is 1.69 bits per heavy atom. The fourth-order valence-corrected chi connectivity index (χ4v) is 5.15. The van der Waals surface area contributed by atoms with Gasteiger partial charge in [-0.1, -0.05) is 12.2 Å². The second-order valence-corrected chi connectivity index (χ2v) is 7.97. The lowest BCUT2D eigenvalue weighted by molar-refractivity contribution is -0.140. The molecule has 7 heteroatoms. The van der Waals surface area contributed by atoms with E-state index in [2.05, 4.69) is 39.8 Å². The van der Waals surface area contributed by atoms with Gasteiger partial charge < -0.3 is 9.47 Å². The van der Waals surface area contributed by atoms with Gasteiger partial charge in [0.15, 0.2) is 11.5 Å². The number of nitrogens with zero attached hydrogens (tertiary/aromatic N) is 2. The molecule has 2 amide bonds. The highest BCUT2D eigenvalue weighted by Crippen LogP contribution is 2.49. The Bertz CT molecular complexity index is 803. The summed E-state index contributed by atoms with van der Waals surface area (Å²) >= 11 is 2.15. The number of hydrazone groups is 1. The van der Waals surface area contributed by atoms with Crippen LogP contribution in [0.2, 0.25) is 0 Å². The van der Waals surface area contributed by atoms with E-state index in [1.165, 1.54) is 6.21 Å². The topological polar surface area (TPSA) is 68.2 Å². The number of amides is 2. The third-order valence-electron chi connectivity index (χ3n) is 5.51. The van der Waals surface area contributed by atoms with Gasteiger partial charge in [0, 0.05) is 0 Å². The van der Waals surface area contributed by atoms with Crippen molar-refractivity contribution < 1.29 is 19.1 Å². The van der Waals surface area contributed by atoms with Crippen LogP contribution in [0.3, 0.4) is 0 Å². The highest BCUT2D eigenvalue weighted by molar-refractivity contribution is 14.1. The third-order valence-corrected chi connectivity index (χ3v) is 6.32. The molecule has 136 valence electrons. The maximum atomic E-state index is 12.8. The number of hydrogen-bond donors (Lipinski definition) is 0. The van der Waals surface area contributed by atoms with E-state index in [1.54, 1.807) is 20.3 Å². The summed E-state index contributed by atoms with van der Waals surface area (Å²) in [6.07, 6.45) is 7.70. The minimum atomic E-state index is -0.242. The van der Waals surface area contributed by atoms with E-state index in [0.717, 1.165) is 27.0 Å². The number of methoxy groups -OCH3 is 2. The van der Waals surface area contributed by atoms with Crippen molar-refractivity contribution in [3.05, 3.63) is 33.4 Å². The Hall–Kier alpha value is -1.90. The lowest BCUT2D eigenvalue weighted by atomic mass is 9.63. The van der Waals surface area contributed by atoms with Crippen molar-refractivity contribution in [1.29, 1.82) is 0 Å². The van der Waals surface area contributed by atoms with E-state index in [9.17, 15) is 9.59 Å². The van der Waals surface area contributed by atoms with Gasteiger partial charge in [0.1, 0.15) is 0 Å². The molecule has 1 saturated heterocycles. The molecule has 0 N–H and O–H groups in total. The molecule has 1 heterocycles. The van der Waals surface area contributed by atoms with Crippen molar-refractivity contribution in [3.63, 3.8) is 0 Å². The SMILES string of the molecule is COc1cc(C=NN2C(=O)C3C4C=CC(CC4)C3C2=O)cc(I)c1OC. The lowest BCUT2D eigenvalue weighted by Gasteiger charge is -2.37. The van der Waals surface area contributed by atoms with Gasteiger partial charge in [0.25, 0.3) is 11.8 Å². The summed E-state index contributed by atoms with van der Waals surface area (Å²) in [5.74, 6) is 0.731. The average molecular weight is 466 g/mol. The van der Waals surface area contributed by atoms with Crippen LogP contribution in [0, 0.1) is 27.2 Å². The summed E-state index contributed by atoms with van der Waals surface area (Å²) in [5.41, 5.74) is 0.739. The maximum Gasteiger partial charge on any atom is 0.254 e. The Balaban J connectivity index is 1.61. The van der Waals surface area contributed by atoms with Crippen LogP contribution in [0.5, 0.6) is 11.5 Å². The predicted octanol–water partition coefficient (Wildman–Crippen LogP) is 2.84. The van der Waals surface area contributed by atoms with Gasteiger partial charge in [-0.15, -0.1) is 0 Å². The normalized spacial score (nSPS) is 29.6. The summed E-state index contributed by atoms with van der Waals surface area (Å²) < 4.78 is 11.5. The Labute approximate surface area is 165 Å². The van der Waals surface area contributed by atoms with Crippen LogP contribution in [0.1, 0.15) is 18.4 Å². The molecule has 3 aliphatic carbocycles. The lowest BCUT2D eigenvalue weighted by Crippen LogP contribution is -2.38. The van der Waals surface area contributed by atoms with Gasteiger partial charge in [0.2, 0.25) is 0 Å². The van der Waals surface area contributed by atoms with Crippen molar-refractivity contribution in [1.82, 2.24) is 5.01 Å². The molecule has 4 atom stereocenters. The average Bonchev–Trinajstić information content (AvgIpc) is 2.93. The molecule has 0 radical (unpaired) electrons. The van der Waals surface area contributed by atoms with Crippen LogP contribution in [-0.2, 0) is 9.59 Å². The first-order valence-corrected chi connectivity index (χ1v) is 9.64. The second kappa shape index (κ2) is 6.68. The maximum absolute atomic E-state index is 12.8. The Kier molecular flexibility index (Phi) is 4.50. The van der Waals surface area contributed by atoms with Gasteiger partial charge in [-0.25, -0.2) is 0 Å². The standard InChI is InChI=1S/C19H19IN2O4/c1-25-14-8-10(7-13(20)17(14)26-2)9-21-22-18(23)15-11-3-4-12(6-5-11)16(15)19(22)24/h3-4,7-9,11-12,15-16H,5-6H2,1-2H3. The van der Waals surface area contributed by atoms with Gasteiger partial charge in [-0.2, -0.15) is 10.1 Å². The van der Waals surface area contributed by atoms with E-state index in [1.807, 2.05) is 6.07 Å². The highest BCUT2D eigenvalue weighted by atomic mass is 127. The quantitative estimate of drug-likeness (QED) is 0.296. The molecule has 26 heavy (non-hydrogen) atoms. The van der Waals surface area contributed by atoms with E-state index < -0.39 is 0 Å². The highest BCUT2D eigenvalue weighted by Gasteiger charge is 2.56. The van der Waals surface area contributed by atoms with E-state index in [4.69, 9.17) is 9.47 Å². The zero-order chi connectivity index (χ0) is 18.4. The molecule has 5 rings (SSSR count). The Morgan fingerprint density at radius 1 is 1.08 bits per heavy atom. The first kappa shape index (κ1) is 17.5. The molecule has 0 spiro atoms. The summed E-state index contributed by atoms with van der Waals surface area (Å²) in [6, 6.07) is 3.64. The monoisotopic (exact) mass is 466 g/mol. The molecule has 0 aromatic heterocycles. The molecule has 2 bridgehead atoms. The van der Waals surface area contributed by atoms with Crippen LogP contribution in [-0.4, -0.2) is 37.3 Å². The first-order chi connectivity index (χ1) is 12.5. The largest absolute Gasteiger partial charge is 0.493 e. The second-order valence-electron chi connectivity index (χ2n) is 6.81. The zero-order valence-corrected chi connectivity index (χ0v) is 16.7. The van der Waals surface area contributed by atoms with Crippen LogP contribution < -0.4 is 9.47 Å². The third kappa shape index (κ3) is 2.64. The van der Waals surface area contributed by atoms with Crippen molar-refractivity contribution in [2.75, 3.05) is 14.2 Å². The van der Waals surface area contributed by atoms with Crippen LogP contribution >= 0.6 is 22.6 Å². The molecule has 2 fully saturated rings. The van der Waals surface area contributed by atoms with Crippen molar-refractivity contribution >= 4 is 40.6 Å². The smallest absolute Gasteiger partial charge is 0.254 e. The number of rotatable bonds is 4. The van der Waals surface area contributed by atoms with Gasteiger partial charge in [0.05, 0.1) is 35.8 Å². The molecule has 4 aliphatic rings. The summed E-state index contributed by atoms with van der Waals surface area (Å²) in [7, 11) is 3.15. The summed E-state index contributed by atoms with van der Waals surface area (Å²) in [6.45, 7) is 0. The van der Waals surface area contributed by atoms with Crippen molar-refractivity contribution in [2.45, 2.75) is 12.8 Å². The molecule has 1 saturated carbocycles. The fraction of sp³-hybridized carbons (Fsp3) is 0.421. The van der Waals surface area contributed by atoms with Crippen molar-refractivity contribution in [3.8, 4) is 11.5 Å². The first-order valence-electron chi connectivity index (χ1n) is 8.56. The van der Waals surface area contributed by atoms with E-state index in [0.29, 0.717) is 11.5 Å². The zero-order valence-electron chi connectivity index (χ0n) is 14.5. The molecule has 4 unspecified atom stereocenters. The number of allylic oxidation sites excluding steroid dienone is 2. The predicted molar refractivity (Wildman–Crippen MR) is 104 cm³/mol. The number of carbonyl (C=O) groups is 2.